The molecule has 1 aromatic heterocycles. The molecule has 1 aromatic carbocycles. The van der Waals surface area contributed by atoms with E-state index in [1.807, 2.05) is 0 Å². The number of benzene rings is 1. The summed E-state index contributed by atoms with van der Waals surface area (Å²) in [6.07, 6.45) is 0. The molecule has 0 saturated carbocycles. The minimum Gasteiger partial charge on any atom is -0.241 e. The van der Waals surface area contributed by atoms with Gasteiger partial charge in [-0.25, -0.2) is 18.7 Å². The van der Waals surface area contributed by atoms with Crippen LogP contribution in [0.2, 0.25) is 0 Å². The first kappa shape index (κ1) is 7.79. The zero-order chi connectivity index (χ0) is 9.42. The molecule has 4 heteroatoms. The SMILES string of the molecule is Cc1cccc2c(=O)ooc(=O)c12. The molecule has 2 rings (SSSR count). The highest BCUT2D eigenvalue weighted by molar-refractivity contribution is 5.82. The van der Waals surface area contributed by atoms with Crippen LogP contribution in [0.5, 0.6) is 0 Å². The van der Waals surface area contributed by atoms with Gasteiger partial charge in [-0.2, -0.15) is 0 Å². The molecular formula is C9H6O4. The van der Waals surface area contributed by atoms with E-state index in [-0.39, 0.29) is 5.39 Å². The second kappa shape index (κ2) is 2.58. The van der Waals surface area contributed by atoms with Crippen molar-refractivity contribution in [3.63, 3.8) is 0 Å². The summed E-state index contributed by atoms with van der Waals surface area (Å²) in [4.78, 5) is 22.2. The third-order valence-corrected chi connectivity index (χ3v) is 1.89. The van der Waals surface area contributed by atoms with E-state index in [1.165, 1.54) is 6.07 Å². The fraction of sp³-hybridized carbons (Fsp3) is 0.111. The second-order valence-electron chi connectivity index (χ2n) is 2.74. The van der Waals surface area contributed by atoms with E-state index >= 15 is 0 Å². The molecule has 13 heavy (non-hydrogen) atoms. The Balaban J connectivity index is 3.19. The van der Waals surface area contributed by atoms with Gasteiger partial charge in [0.1, 0.15) is 0 Å². The van der Waals surface area contributed by atoms with Crippen molar-refractivity contribution in [2.75, 3.05) is 0 Å². The Morgan fingerprint density at radius 2 is 1.77 bits per heavy atom. The fourth-order valence-electron chi connectivity index (χ4n) is 1.27. The monoisotopic (exact) mass is 178 g/mol. The van der Waals surface area contributed by atoms with Gasteiger partial charge in [0.15, 0.2) is 0 Å². The molecule has 0 aliphatic carbocycles. The first-order valence-corrected chi connectivity index (χ1v) is 3.73. The fourth-order valence-corrected chi connectivity index (χ4v) is 1.27. The van der Waals surface area contributed by atoms with Gasteiger partial charge in [0.25, 0.3) is 0 Å². The number of rotatable bonds is 0. The largest absolute Gasteiger partial charge is 0.387 e. The molecule has 0 bridgehead atoms. The van der Waals surface area contributed by atoms with Crippen LogP contribution in [0.15, 0.2) is 36.9 Å². The smallest absolute Gasteiger partial charge is 0.241 e. The van der Waals surface area contributed by atoms with Crippen molar-refractivity contribution in [1.82, 2.24) is 0 Å². The van der Waals surface area contributed by atoms with Crippen molar-refractivity contribution < 1.29 is 9.15 Å². The predicted octanol–water partition coefficient (Wildman–Crippen LogP) is 1.05. The van der Waals surface area contributed by atoms with Crippen LogP contribution in [-0.2, 0) is 0 Å². The summed E-state index contributed by atoms with van der Waals surface area (Å²) >= 11 is 0. The number of hydrogen-bond donors (Lipinski definition) is 0. The normalized spacial score (nSPS) is 10.5. The van der Waals surface area contributed by atoms with Crippen molar-refractivity contribution in [1.29, 1.82) is 0 Å². The Morgan fingerprint density at radius 3 is 2.46 bits per heavy atom. The van der Waals surface area contributed by atoms with Crippen molar-refractivity contribution in [2.24, 2.45) is 0 Å². The Morgan fingerprint density at radius 1 is 1.08 bits per heavy atom. The molecule has 0 unspecified atom stereocenters. The lowest BCUT2D eigenvalue weighted by atomic mass is 10.1. The first-order chi connectivity index (χ1) is 6.20. The average molecular weight is 178 g/mol. The molecule has 4 nitrogen and oxygen atoms in total. The zero-order valence-corrected chi connectivity index (χ0v) is 6.87. The van der Waals surface area contributed by atoms with Crippen LogP contribution in [0.3, 0.4) is 0 Å². The minimum absolute atomic E-state index is 0.260. The van der Waals surface area contributed by atoms with Crippen LogP contribution >= 0.6 is 0 Å². The van der Waals surface area contributed by atoms with Gasteiger partial charge in [0.05, 0.1) is 10.8 Å². The lowest BCUT2D eigenvalue weighted by Gasteiger charge is -1.94. The molecule has 1 heterocycles. The van der Waals surface area contributed by atoms with Gasteiger partial charge in [-0.3, -0.25) is 0 Å². The van der Waals surface area contributed by atoms with Crippen LogP contribution in [-0.4, -0.2) is 0 Å². The molecule has 0 spiro atoms. The van der Waals surface area contributed by atoms with Gasteiger partial charge >= 0.3 is 11.3 Å². The summed E-state index contributed by atoms with van der Waals surface area (Å²) in [5, 5.41) is 0.551. The second-order valence-corrected chi connectivity index (χ2v) is 2.74. The van der Waals surface area contributed by atoms with Crippen LogP contribution in [0.4, 0.5) is 0 Å². The van der Waals surface area contributed by atoms with E-state index in [2.05, 4.69) is 9.15 Å². The summed E-state index contributed by atoms with van der Waals surface area (Å²) in [6.45, 7) is 1.73. The van der Waals surface area contributed by atoms with Crippen LogP contribution in [0, 0.1) is 6.92 Å². The maximum atomic E-state index is 11.2. The molecule has 0 fully saturated rings. The van der Waals surface area contributed by atoms with Crippen molar-refractivity contribution in [2.45, 2.75) is 6.92 Å². The van der Waals surface area contributed by atoms with E-state index in [1.54, 1.807) is 19.1 Å². The maximum Gasteiger partial charge on any atom is 0.387 e. The van der Waals surface area contributed by atoms with Gasteiger partial charge in [0.2, 0.25) is 0 Å². The summed E-state index contributed by atoms with van der Waals surface area (Å²) in [5.41, 5.74) is -0.537. The lowest BCUT2D eigenvalue weighted by molar-refractivity contribution is 0.0216. The van der Waals surface area contributed by atoms with Gasteiger partial charge in [0, 0.05) is 0 Å². The standard InChI is InChI=1S/C9H6O4/c1-5-3-2-4-6-7(5)9(11)13-12-8(6)10/h2-4H,1H3. The molecule has 0 N–H and O–H groups in total. The Labute approximate surface area is 72.3 Å². The number of fused-ring (bicyclic) bond motifs is 1. The molecule has 0 radical (unpaired) electrons. The third-order valence-electron chi connectivity index (χ3n) is 1.89. The summed E-state index contributed by atoms with van der Waals surface area (Å²) in [6, 6.07) is 4.96. The third kappa shape index (κ3) is 1.07. The summed E-state index contributed by atoms with van der Waals surface area (Å²) < 4.78 is 8.39. The Bertz CT molecular complexity index is 562. The lowest BCUT2D eigenvalue weighted by Crippen LogP contribution is -2.09. The Hall–Kier alpha value is -1.84. The summed E-state index contributed by atoms with van der Waals surface area (Å²) in [7, 11) is 0. The molecule has 0 atom stereocenters. The topological polar surface area (TPSA) is 60.4 Å². The van der Waals surface area contributed by atoms with Crippen LogP contribution in [0.25, 0.3) is 10.8 Å². The predicted molar refractivity (Wildman–Crippen MR) is 45.8 cm³/mol. The van der Waals surface area contributed by atoms with Crippen molar-refractivity contribution >= 4 is 10.8 Å². The molecule has 0 aliphatic rings. The van der Waals surface area contributed by atoms with E-state index in [9.17, 15) is 9.59 Å². The molecule has 0 aliphatic heterocycles. The first-order valence-electron chi connectivity index (χ1n) is 3.73. The van der Waals surface area contributed by atoms with Crippen molar-refractivity contribution in [3.05, 3.63) is 44.6 Å². The highest BCUT2D eigenvalue weighted by atomic mass is 17.0. The highest BCUT2D eigenvalue weighted by Crippen LogP contribution is 2.09. The summed E-state index contributed by atoms with van der Waals surface area (Å²) in [5.74, 6) is 0. The van der Waals surface area contributed by atoms with E-state index in [4.69, 9.17) is 0 Å². The van der Waals surface area contributed by atoms with Gasteiger partial charge in [-0.1, -0.05) is 12.1 Å². The number of aryl methyl sites for hydroxylation is 1. The van der Waals surface area contributed by atoms with E-state index < -0.39 is 11.3 Å². The van der Waals surface area contributed by atoms with Crippen LogP contribution in [0.1, 0.15) is 5.56 Å². The maximum absolute atomic E-state index is 11.2. The van der Waals surface area contributed by atoms with Crippen molar-refractivity contribution in [3.8, 4) is 0 Å². The molecule has 0 amide bonds. The van der Waals surface area contributed by atoms with E-state index in [0.717, 1.165) is 0 Å². The molecule has 66 valence electrons. The highest BCUT2D eigenvalue weighted by Gasteiger charge is 2.07. The van der Waals surface area contributed by atoms with Gasteiger partial charge in [-0.05, 0) is 18.6 Å². The minimum atomic E-state index is -0.627. The average Bonchev–Trinajstić information content (AvgIpc) is 2.12. The zero-order valence-electron chi connectivity index (χ0n) is 6.87. The molecule has 2 aromatic rings. The molecule has 0 saturated heterocycles. The van der Waals surface area contributed by atoms with Gasteiger partial charge in [-0.15, -0.1) is 0 Å². The van der Waals surface area contributed by atoms with Crippen LogP contribution < -0.4 is 11.3 Å². The van der Waals surface area contributed by atoms with Gasteiger partial charge < -0.3 is 0 Å². The number of hydrogen-bond acceptors (Lipinski definition) is 4. The quantitative estimate of drug-likeness (QED) is 0.566. The van der Waals surface area contributed by atoms with E-state index in [0.29, 0.717) is 10.9 Å². The Kier molecular flexibility index (Phi) is 1.55. The molecular weight excluding hydrogens is 172 g/mol.